The van der Waals surface area contributed by atoms with Crippen LogP contribution in [0.4, 0.5) is 17.6 Å². The first-order valence-electron chi connectivity index (χ1n) is 8.84. The normalized spacial score (nSPS) is 12.0. The molecular weight excluding hydrogens is 392 g/mol. The smallest absolute Gasteiger partial charge is 0.416 e. The molecule has 0 fully saturated rings. The molecule has 2 rings (SSSR count). The number of alkyl halides is 3. The van der Waals surface area contributed by atoms with E-state index < -0.39 is 17.6 Å². The third-order valence-electron chi connectivity index (χ3n) is 4.05. The zero-order chi connectivity index (χ0) is 21.4. The summed E-state index contributed by atoms with van der Waals surface area (Å²) in [6.45, 7) is 2.38. The van der Waals surface area contributed by atoms with Crippen LogP contribution < -0.4 is 16.0 Å². The molecule has 29 heavy (non-hydrogen) atoms. The Labute approximate surface area is 165 Å². The van der Waals surface area contributed by atoms with Gasteiger partial charge in [0.25, 0.3) is 5.91 Å². The lowest BCUT2D eigenvalue weighted by Gasteiger charge is -2.16. The van der Waals surface area contributed by atoms with Crippen molar-refractivity contribution in [2.24, 2.45) is 4.99 Å². The Balaban J connectivity index is 1.78. The van der Waals surface area contributed by atoms with Gasteiger partial charge in [-0.15, -0.1) is 0 Å². The van der Waals surface area contributed by atoms with E-state index in [0.717, 1.165) is 17.7 Å². The van der Waals surface area contributed by atoms with Gasteiger partial charge >= 0.3 is 6.18 Å². The fourth-order valence-electron chi connectivity index (χ4n) is 2.55. The minimum absolute atomic E-state index is 0.0945. The van der Waals surface area contributed by atoms with Crippen molar-refractivity contribution < 1.29 is 26.8 Å². The highest BCUT2D eigenvalue weighted by molar-refractivity contribution is 5.92. The van der Waals surface area contributed by atoms with Crippen molar-refractivity contribution in [2.75, 3.05) is 20.1 Å². The molecule has 3 N–H and O–H groups in total. The molecule has 1 heterocycles. The van der Waals surface area contributed by atoms with Crippen LogP contribution in [0.3, 0.4) is 0 Å². The molecule has 0 spiro atoms. The quantitative estimate of drug-likeness (QED) is 0.281. The lowest BCUT2D eigenvalue weighted by atomic mass is 10.1. The summed E-state index contributed by atoms with van der Waals surface area (Å²) in [4.78, 5) is 15.8. The number of nitrogens with one attached hydrogen (secondary N) is 3. The molecule has 158 valence electrons. The number of furan rings is 1. The van der Waals surface area contributed by atoms with Crippen molar-refractivity contribution in [3.8, 4) is 0 Å². The number of guanidine groups is 1. The fraction of sp³-hybridized carbons (Fsp3) is 0.368. The van der Waals surface area contributed by atoms with Gasteiger partial charge in [-0.05, 0) is 37.1 Å². The Morgan fingerprint density at radius 1 is 1.14 bits per heavy atom. The molecule has 10 heteroatoms. The van der Waals surface area contributed by atoms with Gasteiger partial charge in [0.2, 0.25) is 0 Å². The summed E-state index contributed by atoms with van der Waals surface area (Å²) < 4.78 is 57.3. The first kappa shape index (κ1) is 22.3. The topological polar surface area (TPSA) is 78.7 Å². The van der Waals surface area contributed by atoms with Gasteiger partial charge in [0.05, 0.1) is 11.8 Å². The minimum atomic E-state index is -4.65. The molecule has 0 atom stereocenters. The molecule has 0 saturated carbocycles. The van der Waals surface area contributed by atoms with Crippen molar-refractivity contribution in [3.05, 3.63) is 58.8 Å². The summed E-state index contributed by atoms with van der Waals surface area (Å²) in [5.74, 6) is -0.716. The van der Waals surface area contributed by atoms with Gasteiger partial charge in [-0.25, -0.2) is 4.39 Å². The molecule has 1 aromatic carbocycles. The van der Waals surface area contributed by atoms with Crippen molar-refractivity contribution in [1.29, 1.82) is 0 Å². The first-order valence-corrected chi connectivity index (χ1v) is 8.84. The van der Waals surface area contributed by atoms with E-state index in [9.17, 15) is 22.4 Å². The van der Waals surface area contributed by atoms with Gasteiger partial charge in [-0.3, -0.25) is 9.79 Å². The van der Waals surface area contributed by atoms with E-state index in [1.165, 1.54) is 13.3 Å². The number of carbonyl (C=O) groups excluding carboxylic acids is 1. The Kier molecular flexibility index (Phi) is 7.63. The molecule has 0 radical (unpaired) electrons. The van der Waals surface area contributed by atoms with Crippen LogP contribution in [0.1, 0.15) is 33.7 Å². The maximum Gasteiger partial charge on any atom is 0.416 e. The van der Waals surface area contributed by atoms with E-state index in [-0.39, 0.29) is 29.7 Å². The zero-order valence-electron chi connectivity index (χ0n) is 16.0. The maximum absolute atomic E-state index is 13.2. The second-order valence-electron chi connectivity index (χ2n) is 6.19. The predicted molar refractivity (Wildman–Crippen MR) is 100.0 cm³/mol. The van der Waals surface area contributed by atoms with Crippen molar-refractivity contribution in [3.63, 3.8) is 0 Å². The Morgan fingerprint density at radius 2 is 1.86 bits per heavy atom. The summed E-state index contributed by atoms with van der Waals surface area (Å²) in [5, 5.41) is 8.41. The predicted octanol–water partition coefficient (Wildman–Crippen LogP) is 3.23. The number of hydrogen-bond acceptors (Lipinski definition) is 3. The van der Waals surface area contributed by atoms with Crippen LogP contribution in [0.25, 0.3) is 0 Å². The van der Waals surface area contributed by atoms with Gasteiger partial charge in [-0.1, -0.05) is 6.07 Å². The second-order valence-corrected chi connectivity index (χ2v) is 6.19. The summed E-state index contributed by atoms with van der Waals surface area (Å²) in [6, 6.07) is 4.23. The Bertz CT molecular complexity index is 862. The average molecular weight is 414 g/mol. The number of halogens is 4. The monoisotopic (exact) mass is 414 g/mol. The van der Waals surface area contributed by atoms with Crippen LogP contribution in [0.2, 0.25) is 0 Å². The maximum atomic E-state index is 13.2. The summed E-state index contributed by atoms with van der Waals surface area (Å²) in [7, 11) is 1.48. The van der Waals surface area contributed by atoms with Crippen LogP contribution in [0.5, 0.6) is 0 Å². The molecule has 6 nitrogen and oxygen atoms in total. The van der Waals surface area contributed by atoms with Gasteiger partial charge in [0, 0.05) is 32.2 Å². The van der Waals surface area contributed by atoms with Crippen LogP contribution >= 0.6 is 0 Å². The number of hydrogen-bond donors (Lipinski definition) is 3. The molecule has 2 aromatic rings. The highest BCUT2D eigenvalue weighted by atomic mass is 19.4. The van der Waals surface area contributed by atoms with Crippen molar-refractivity contribution in [1.82, 2.24) is 16.0 Å². The molecule has 1 aromatic heterocycles. The van der Waals surface area contributed by atoms with Crippen molar-refractivity contribution >= 4 is 11.9 Å². The van der Waals surface area contributed by atoms with Gasteiger partial charge in [0.15, 0.2) is 11.7 Å². The van der Waals surface area contributed by atoms with Crippen LogP contribution in [0, 0.1) is 12.7 Å². The number of rotatable bonds is 7. The number of carbonyl (C=O) groups is 1. The highest BCUT2D eigenvalue weighted by Crippen LogP contribution is 2.32. The molecule has 0 aliphatic carbocycles. The number of aliphatic imine (C=N–C) groups is 1. The first-order chi connectivity index (χ1) is 13.7. The van der Waals surface area contributed by atoms with E-state index in [4.69, 9.17) is 4.42 Å². The number of amides is 1. The zero-order valence-corrected chi connectivity index (χ0v) is 16.0. The minimum Gasteiger partial charge on any atom is -0.459 e. The molecule has 0 saturated heterocycles. The molecular formula is C19H22F4N4O2. The SMILES string of the molecule is CN=C(NCCCNC(=O)c1occc1C)NCc1ccc(F)cc1C(F)(F)F. The largest absolute Gasteiger partial charge is 0.459 e. The van der Waals surface area contributed by atoms with Crippen LogP contribution in [-0.4, -0.2) is 32.0 Å². The fourth-order valence-corrected chi connectivity index (χ4v) is 2.55. The Hall–Kier alpha value is -3.04. The van der Waals surface area contributed by atoms with Gasteiger partial charge in [0.1, 0.15) is 5.82 Å². The molecule has 0 aliphatic heterocycles. The van der Waals surface area contributed by atoms with Crippen LogP contribution in [-0.2, 0) is 12.7 Å². The van der Waals surface area contributed by atoms with Gasteiger partial charge < -0.3 is 20.4 Å². The molecule has 0 unspecified atom stereocenters. The lowest BCUT2D eigenvalue weighted by molar-refractivity contribution is -0.138. The Morgan fingerprint density at radius 3 is 2.48 bits per heavy atom. The molecule has 0 aliphatic rings. The average Bonchev–Trinajstić information content (AvgIpc) is 3.09. The van der Waals surface area contributed by atoms with E-state index in [1.54, 1.807) is 13.0 Å². The van der Waals surface area contributed by atoms with E-state index in [0.29, 0.717) is 25.6 Å². The number of nitrogens with zero attached hydrogens (tertiary/aromatic N) is 1. The summed E-state index contributed by atoms with van der Waals surface area (Å²) in [6.07, 6.45) is -2.66. The van der Waals surface area contributed by atoms with Crippen molar-refractivity contribution in [2.45, 2.75) is 26.1 Å². The summed E-state index contributed by atoms with van der Waals surface area (Å²) >= 11 is 0. The third kappa shape index (κ3) is 6.51. The van der Waals surface area contributed by atoms with E-state index in [1.807, 2.05) is 0 Å². The lowest BCUT2D eigenvalue weighted by Crippen LogP contribution is -2.38. The standard InChI is InChI=1S/C19H22F4N4O2/c1-12-6-9-29-16(12)17(28)25-7-3-8-26-18(24-2)27-11-13-4-5-14(20)10-15(13)19(21,22)23/h4-6,9-10H,3,7-8,11H2,1-2H3,(H,25,28)(H2,24,26,27). The molecule has 0 bridgehead atoms. The molecule has 1 amide bonds. The third-order valence-corrected chi connectivity index (χ3v) is 4.05. The van der Waals surface area contributed by atoms with E-state index >= 15 is 0 Å². The highest BCUT2D eigenvalue weighted by Gasteiger charge is 2.33. The van der Waals surface area contributed by atoms with E-state index in [2.05, 4.69) is 20.9 Å². The number of benzene rings is 1. The number of aryl methyl sites for hydroxylation is 1. The summed E-state index contributed by atoms with van der Waals surface area (Å²) in [5.41, 5.74) is -0.386. The second kappa shape index (κ2) is 9.94. The van der Waals surface area contributed by atoms with Crippen LogP contribution in [0.15, 0.2) is 39.9 Å². The van der Waals surface area contributed by atoms with Gasteiger partial charge in [-0.2, -0.15) is 13.2 Å².